The van der Waals surface area contributed by atoms with Crippen LogP contribution >= 0.6 is 33.2 Å². The van der Waals surface area contributed by atoms with E-state index in [0.29, 0.717) is 17.7 Å². The van der Waals surface area contributed by atoms with Crippen LogP contribution in [0.5, 0.6) is 5.75 Å². The molecule has 1 aromatic rings. The topological polar surface area (TPSA) is 63.6 Å². The van der Waals surface area contributed by atoms with E-state index in [4.69, 9.17) is 43.1 Å². The Morgan fingerprint density at radius 2 is 1.87 bits per heavy atom. The van der Waals surface area contributed by atoms with Gasteiger partial charge in [0.15, 0.2) is 0 Å². The van der Waals surface area contributed by atoms with E-state index in [9.17, 15) is 9.59 Å². The molecule has 0 saturated heterocycles. The van der Waals surface area contributed by atoms with Gasteiger partial charge in [-0.3, -0.25) is 4.79 Å². The minimum Gasteiger partial charge on any atom is -0.478 e. The monoisotopic (exact) mass is 394 g/mol. The fourth-order valence-corrected chi connectivity index (χ4v) is 4.47. The molecule has 0 aromatic heterocycles. The molecule has 4 nitrogen and oxygen atoms in total. The Kier molecular flexibility index (Phi) is 8.12. The number of carbonyl (C=O) groups excluding carboxylic acids is 1. The third-order valence-corrected chi connectivity index (χ3v) is 6.73. The van der Waals surface area contributed by atoms with Gasteiger partial charge in [0.05, 0.1) is 5.54 Å². The number of hydrogen-bond donors (Lipinski definition) is 1. The highest BCUT2D eigenvalue weighted by Gasteiger charge is 2.42. The smallest absolute Gasteiger partial charge is 0.355 e. The molecular weight excluding hydrogens is 379 g/mol. The first-order valence-electron chi connectivity index (χ1n) is 7.03. The second-order valence-electron chi connectivity index (χ2n) is 4.90. The van der Waals surface area contributed by atoms with Gasteiger partial charge in [-0.05, 0) is 30.2 Å². The van der Waals surface area contributed by atoms with Crippen LogP contribution in [-0.4, -0.2) is 23.0 Å². The fraction of sp³-hybridized carbons (Fsp3) is 0.333. The number of aliphatic carboxylic acids is 1. The average Bonchev–Trinajstić information content (AvgIpc) is 2.45. The second-order valence-corrected chi connectivity index (χ2v) is 13.8. The SMILES string of the molecule is CCCCC(C(=O)Oc1ccc(/C=C/C(=O)O)cc1)[Si](Cl)(Cl)Cl. The number of unbranched alkanes of at least 4 members (excludes halogenated alkanes) is 1. The molecule has 1 atom stereocenters. The zero-order chi connectivity index (χ0) is 17.5. The summed E-state index contributed by atoms with van der Waals surface area (Å²) >= 11 is 18.0. The summed E-state index contributed by atoms with van der Waals surface area (Å²) in [6.45, 7) is 1.99. The summed E-state index contributed by atoms with van der Waals surface area (Å²) in [5.41, 5.74) is -0.0375. The van der Waals surface area contributed by atoms with Crippen LogP contribution in [0.1, 0.15) is 31.7 Å². The quantitative estimate of drug-likeness (QED) is 0.223. The van der Waals surface area contributed by atoms with Crippen molar-refractivity contribution in [1.29, 1.82) is 0 Å². The average molecular weight is 396 g/mol. The van der Waals surface area contributed by atoms with Gasteiger partial charge in [-0.15, -0.1) is 33.2 Å². The van der Waals surface area contributed by atoms with Crippen LogP contribution in [0.4, 0.5) is 0 Å². The van der Waals surface area contributed by atoms with Gasteiger partial charge in [-0.2, -0.15) is 0 Å². The maximum atomic E-state index is 12.2. The third kappa shape index (κ3) is 7.39. The summed E-state index contributed by atoms with van der Waals surface area (Å²) in [4.78, 5) is 22.7. The number of esters is 1. The van der Waals surface area contributed by atoms with Crippen molar-refractivity contribution in [1.82, 2.24) is 0 Å². The van der Waals surface area contributed by atoms with Gasteiger partial charge in [-0.1, -0.05) is 31.9 Å². The van der Waals surface area contributed by atoms with Gasteiger partial charge in [0, 0.05) is 6.08 Å². The summed E-state index contributed by atoms with van der Waals surface area (Å²) in [6, 6.07) is 3.19. The first-order chi connectivity index (χ1) is 10.7. The maximum absolute atomic E-state index is 12.2. The van der Waals surface area contributed by atoms with Crippen LogP contribution in [0.3, 0.4) is 0 Å². The van der Waals surface area contributed by atoms with Crippen molar-refractivity contribution < 1.29 is 19.4 Å². The number of carbonyl (C=O) groups is 2. The summed E-state index contributed by atoms with van der Waals surface area (Å²) in [7, 11) is 0. The zero-order valence-corrected chi connectivity index (χ0v) is 15.7. The van der Waals surface area contributed by atoms with E-state index in [0.717, 1.165) is 18.9 Å². The molecule has 0 radical (unpaired) electrons. The van der Waals surface area contributed by atoms with Gasteiger partial charge in [0.1, 0.15) is 5.75 Å². The highest BCUT2D eigenvalue weighted by Crippen LogP contribution is 2.38. The van der Waals surface area contributed by atoms with Crippen molar-refractivity contribution in [3.63, 3.8) is 0 Å². The van der Waals surface area contributed by atoms with Crippen LogP contribution in [-0.2, 0) is 9.59 Å². The molecule has 0 heterocycles. The van der Waals surface area contributed by atoms with Crippen molar-refractivity contribution in [2.75, 3.05) is 0 Å². The van der Waals surface area contributed by atoms with Gasteiger partial charge in [0.25, 0.3) is 0 Å². The lowest BCUT2D eigenvalue weighted by Gasteiger charge is -2.20. The third-order valence-electron chi connectivity index (χ3n) is 3.04. The standard InChI is InChI=1S/C15H17Cl3O4Si/c1-2-3-4-13(23(16,17)18)15(21)22-12-8-5-11(6-9-12)7-10-14(19)20/h5-10,13H,2-4H2,1H3,(H,19,20)/b10-7+. The summed E-state index contributed by atoms with van der Waals surface area (Å²) in [6.07, 6.45) is 4.61. The van der Waals surface area contributed by atoms with Gasteiger partial charge in [-0.25, -0.2) is 4.79 Å². The molecule has 1 N–H and O–H groups in total. The Morgan fingerprint density at radius 1 is 1.26 bits per heavy atom. The Hall–Kier alpha value is -1.01. The van der Waals surface area contributed by atoms with Crippen LogP contribution in [0.15, 0.2) is 30.3 Å². The Labute approximate surface area is 150 Å². The van der Waals surface area contributed by atoms with Crippen molar-refractivity contribution in [2.45, 2.75) is 31.7 Å². The lowest BCUT2D eigenvalue weighted by atomic mass is 10.2. The van der Waals surface area contributed by atoms with E-state index in [2.05, 4.69) is 0 Å². The predicted molar refractivity (Wildman–Crippen MR) is 95.3 cm³/mol. The minimum absolute atomic E-state index is 0.326. The van der Waals surface area contributed by atoms with E-state index in [1.807, 2.05) is 6.92 Å². The number of hydrogen-bond acceptors (Lipinski definition) is 3. The van der Waals surface area contributed by atoms with Gasteiger partial charge < -0.3 is 9.84 Å². The highest BCUT2D eigenvalue weighted by atomic mass is 35.8. The van der Waals surface area contributed by atoms with Crippen molar-refractivity contribution in [3.05, 3.63) is 35.9 Å². The molecular formula is C15H17Cl3O4Si. The molecule has 0 spiro atoms. The van der Waals surface area contributed by atoms with Crippen molar-refractivity contribution in [2.24, 2.45) is 0 Å². The Bertz CT molecular complexity index is 567. The number of ether oxygens (including phenoxy) is 1. The lowest BCUT2D eigenvalue weighted by Crippen LogP contribution is -2.30. The molecule has 126 valence electrons. The molecule has 0 fully saturated rings. The number of halogens is 3. The lowest BCUT2D eigenvalue weighted by molar-refractivity contribution is -0.134. The van der Waals surface area contributed by atoms with E-state index >= 15 is 0 Å². The number of carboxylic acid groups (broad SMARTS) is 1. The summed E-state index contributed by atoms with van der Waals surface area (Å²) < 4.78 is 5.28. The second kappa shape index (κ2) is 9.32. The highest BCUT2D eigenvalue weighted by molar-refractivity contribution is 7.65. The molecule has 0 saturated carbocycles. The van der Waals surface area contributed by atoms with Crippen molar-refractivity contribution in [3.8, 4) is 5.75 Å². The normalized spacial score (nSPS) is 13.0. The number of rotatable bonds is 8. The Balaban J connectivity index is 2.76. The molecule has 8 heteroatoms. The van der Waals surface area contributed by atoms with E-state index in [1.165, 1.54) is 6.08 Å². The predicted octanol–water partition coefficient (Wildman–Crippen LogP) is 4.91. The molecule has 23 heavy (non-hydrogen) atoms. The minimum atomic E-state index is -3.21. The van der Waals surface area contributed by atoms with E-state index in [-0.39, 0.29) is 0 Å². The molecule has 1 rings (SSSR count). The first kappa shape index (κ1) is 20.0. The molecule has 0 aliphatic rings. The molecule has 1 aromatic carbocycles. The maximum Gasteiger partial charge on any atom is 0.355 e. The fourth-order valence-electron chi connectivity index (χ4n) is 1.83. The van der Waals surface area contributed by atoms with Gasteiger partial charge in [0.2, 0.25) is 0 Å². The van der Waals surface area contributed by atoms with Crippen molar-refractivity contribution >= 4 is 57.3 Å². The van der Waals surface area contributed by atoms with Gasteiger partial charge >= 0.3 is 17.9 Å². The zero-order valence-electron chi connectivity index (χ0n) is 12.5. The molecule has 0 aliphatic heterocycles. The van der Waals surface area contributed by atoms with Crippen LogP contribution < -0.4 is 4.74 Å². The summed E-state index contributed by atoms with van der Waals surface area (Å²) in [5, 5.41) is 8.57. The van der Waals surface area contributed by atoms with Crippen LogP contribution in [0.2, 0.25) is 5.54 Å². The largest absolute Gasteiger partial charge is 0.478 e. The number of benzene rings is 1. The van der Waals surface area contributed by atoms with E-state index < -0.39 is 23.5 Å². The molecule has 0 aliphatic carbocycles. The molecule has 0 bridgehead atoms. The molecule has 0 amide bonds. The first-order valence-corrected chi connectivity index (χ1v) is 12.1. The summed E-state index contributed by atoms with van der Waals surface area (Å²) in [5.74, 6) is -1.25. The van der Waals surface area contributed by atoms with Crippen LogP contribution in [0, 0.1) is 0 Å². The van der Waals surface area contributed by atoms with Crippen LogP contribution in [0.25, 0.3) is 6.08 Å². The Morgan fingerprint density at radius 3 is 2.35 bits per heavy atom. The number of carboxylic acids is 1. The molecule has 1 unspecified atom stereocenters. The van der Waals surface area contributed by atoms with E-state index in [1.54, 1.807) is 24.3 Å².